The zero-order chi connectivity index (χ0) is 15.6. The molecule has 1 fully saturated rings. The third-order valence-corrected chi connectivity index (χ3v) is 4.80. The molecule has 0 spiro atoms. The standard InChI is InChI=1S/C15H16BrNO2S2/c1-4-17-14(18)13(21-15(17)20)8-10-5-6-12(11(16)7-10)19-9(2)3/h5-9H,4H2,1-3H3/b13-8+. The first-order valence-corrected chi connectivity index (χ1v) is 8.65. The Morgan fingerprint density at radius 1 is 1.48 bits per heavy atom. The van der Waals surface area contributed by atoms with Gasteiger partial charge in [0, 0.05) is 6.54 Å². The van der Waals surface area contributed by atoms with Gasteiger partial charge >= 0.3 is 0 Å². The molecule has 1 aromatic carbocycles. The predicted molar refractivity (Wildman–Crippen MR) is 95.5 cm³/mol. The van der Waals surface area contributed by atoms with E-state index in [0.717, 1.165) is 15.8 Å². The van der Waals surface area contributed by atoms with Crippen LogP contribution in [0.1, 0.15) is 26.3 Å². The van der Waals surface area contributed by atoms with E-state index in [4.69, 9.17) is 17.0 Å². The molecule has 0 aliphatic carbocycles. The highest BCUT2D eigenvalue weighted by molar-refractivity contribution is 9.10. The molecule has 0 radical (unpaired) electrons. The summed E-state index contributed by atoms with van der Waals surface area (Å²) >= 11 is 10.0. The number of nitrogens with zero attached hydrogens (tertiary/aromatic N) is 1. The van der Waals surface area contributed by atoms with Crippen LogP contribution in [-0.4, -0.2) is 27.8 Å². The van der Waals surface area contributed by atoms with E-state index in [2.05, 4.69) is 15.9 Å². The lowest BCUT2D eigenvalue weighted by Crippen LogP contribution is -2.27. The number of hydrogen-bond donors (Lipinski definition) is 0. The zero-order valence-electron chi connectivity index (χ0n) is 12.1. The number of amides is 1. The van der Waals surface area contributed by atoms with Crippen LogP contribution in [0.3, 0.4) is 0 Å². The van der Waals surface area contributed by atoms with E-state index in [9.17, 15) is 4.79 Å². The maximum atomic E-state index is 12.2. The summed E-state index contributed by atoms with van der Waals surface area (Å²) < 4.78 is 7.16. The Labute approximate surface area is 142 Å². The number of thiocarbonyl (C=S) groups is 1. The Hall–Kier alpha value is -0.850. The van der Waals surface area contributed by atoms with Crippen molar-refractivity contribution in [3.63, 3.8) is 0 Å². The minimum atomic E-state index is -0.0221. The maximum Gasteiger partial charge on any atom is 0.266 e. The van der Waals surface area contributed by atoms with Crippen LogP contribution < -0.4 is 4.74 Å². The number of likely N-dealkylation sites (N-methyl/N-ethyl adjacent to an activating group) is 1. The van der Waals surface area contributed by atoms with Gasteiger partial charge in [-0.2, -0.15) is 0 Å². The van der Waals surface area contributed by atoms with Crippen molar-refractivity contribution in [2.75, 3.05) is 6.54 Å². The summed E-state index contributed by atoms with van der Waals surface area (Å²) in [7, 11) is 0. The van der Waals surface area contributed by atoms with Crippen molar-refractivity contribution in [3.8, 4) is 5.75 Å². The summed E-state index contributed by atoms with van der Waals surface area (Å²) in [5.41, 5.74) is 0.939. The number of benzene rings is 1. The Morgan fingerprint density at radius 3 is 2.71 bits per heavy atom. The van der Waals surface area contributed by atoms with Crippen molar-refractivity contribution in [1.29, 1.82) is 0 Å². The summed E-state index contributed by atoms with van der Waals surface area (Å²) in [6.07, 6.45) is 1.98. The number of carbonyl (C=O) groups excluding carboxylic acids is 1. The van der Waals surface area contributed by atoms with Gasteiger partial charge in [-0.3, -0.25) is 9.69 Å². The molecule has 1 aliphatic rings. The average molecular weight is 386 g/mol. The number of hydrogen-bond acceptors (Lipinski definition) is 4. The summed E-state index contributed by atoms with van der Waals surface area (Å²) in [4.78, 5) is 14.4. The number of rotatable bonds is 4. The third-order valence-electron chi connectivity index (χ3n) is 2.81. The quantitative estimate of drug-likeness (QED) is 0.565. The number of ether oxygens (including phenoxy) is 1. The van der Waals surface area contributed by atoms with Gasteiger partial charge in [0.15, 0.2) is 0 Å². The van der Waals surface area contributed by atoms with E-state index in [0.29, 0.717) is 15.8 Å². The molecule has 1 aliphatic heterocycles. The van der Waals surface area contributed by atoms with Gasteiger partial charge in [-0.1, -0.05) is 30.0 Å². The van der Waals surface area contributed by atoms with Crippen LogP contribution in [0.2, 0.25) is 0 Å². The molecular weight excluding hydrogens is 370 g/mol. The molecular formula is C15H16BrNO2S2. The summed E-state index contributed by atoms with van der Waals surface area (Å²) in [5, 5.41) is 0. The number of thioether (sulfide) groups is 1. The van der Waals surface area contributed by atoms with Gasteiger partial charge in [-0.25, -0.2) is 0 Å². The Morgan fingerprint density at radius 2 is 2.19 bits per heavy atom. The van der Waals surface area contributed by atoms with Gasteiger partial charge in [0.1, 0.15) is 10.1 Å². The molecule has 1 saturated heterocycles. The molecule has 0 atom stereocenters. The van der Waals surface area contributed by atoms with Crippen molar-refractivity contribution in [3.05, 3.63) is 33.1 Å². The molecule has 0 aromatic heterocycles. The Bertz CT molecular complexity index is 614. The number of carbonyl (C=O) groups is 1. The molecule has 0 bridgehead atoms. The first-order chi connectivity index (χ1) is 9.92. The van der Waals surface area contributed by atoms with Crippen LogP contribution >= 0.6 is 39.9 Å². The van der Waals surface area contributed by atoms with Gasteiger partial charge in [0.2, 0.25) is 0 Å². The molecule has 112 valence electrons. The fourth-order valence-electron chi connectivity index (χ4n) is 1.88. The minimum Gasteiger partial charge on any atom is -0.490 e. The molecule has 1 aromatic rings. The lowest BCUT2D eigenvalue weighted by molar-refractivity contribution is -0.121. The second kappa shape index (κ2) is 6.94. The Kier molecular flexibility index (Phi) is 5.46. The smallest absolute Gasteiger partial charge is 0.266 e. The van der Waals surface area contributed by atoms with E-state index in [-0.39, 0.29) is 12.0 Å². The van der Waals surface area contributed by atoms with Crippen molar-refractivity contribution in [2.24, 2.45) is 0 Å². The zero-order valence-corrected chi connectivity index (χ0v) is 15.3. The van der Waals surface area contributed by atoms with Gasteiger partial charge in [0.05, 0.1) is 15.5 Å². The van der Waals surface area contributed by atoms with E-state index in [1.807, 2.05) is 45.0 Å². The third kappa shape index (κ3) is 3.87. The van der Waals surface area contributed by atoms with Gasteiger partial charge in [-0.05, 0) is 60.5 Å². The van der Waals surface area contributed by atoms with Gasteiger partial charge < -0.3 is 4.74 Å². The molecule has 0 N–H and O–H groups in total. The highest BCUT2D eigenvalue weighted by atomic mass is 79.9. The molecule has 1 heterocycles. The molecule has 6 heteroatoms. The second-order valence-corrected chi connectivity index (χ2v) is 7.31. The number of halogens is 1. The average Bonchev–Trinajstić information content (AvgIpc) is 2.67. The van der Waals surface area contributed by atoms with E-state index >= 15 is 0 Å². The largest absolute Gasteiger partial charge is 0.490 e. The fourth-order valence-corrected chi connectivity index (χ4v) is 3.75. The predicted octanol–water partition coefficient (Wildman–Crippen LogP) is 4.46. The van der Waals surface area contributed by atoms with Crippen molar-refractivity contribution in [2.45, 2.75) is 26.9 Å². The maximum absolute atomic E-state index is 12.2. The summed E-state index contributed by atoms with van der Waals surface area (Å²) in [5.74, 6) is 0.773. The fraction of sp³-hybridized carbons (Fsp3) is 0.333. The van der Waals surface area contributed by atoms with Crippen LogP contribution in [0.5, 0.6) is 5.75 Å². The SMILES string of the molecule is CCN1C(=O)/C(=C\c2ccc(OC(C)C)c(Br)c2)SC1=S. The van der Waals surface area contributed by atoms with Crippen LogP contribution in [0.15, 0.2) is 27.6 Å². The molecule has 0 saturated carbocycles. The molecule has 0 unspecified atom stereocenters. The van der Waals surface area contributed by atoms with E-state index in [1.165, 1.54) is 11.8 Å². The van der Waals surface area contributed by atoms with Crippen LogP contribution in [0.25, 0.3) is 6.08 Å². The molecule has 21 heavy (non-hydrogen) atoms. The van der Waals surface area contributed by atoms with E-state index < -0.39 is 0 Å². The lowest BCUT2D eigenvalue weighted by Gasteiger charge is -2.12. The van der Waals surface area contributed by atoms with Crippen LogP contribution in [0.4, 0.5) is 0 Å². The van der Waals surface area contributed by atoms with Crippen molar-refractivity contribution < 1.29 is 9.53 Å². The van der Waals surface area contributed by atoms with E-state index in [1.54, 1.807) is 4.90 Å². The van der Waals surface area contributed by atoms with Crippen LogP contribution in [-0.2, 0) is 4.79 Å². The summed E-state index contributed by atoms with van der Waals surface area (Å²) in [6, 6.07) is 5.77. The first kappa shape index (κ1) is 16.5. The normalized spacial score (nSPS) is 17.2. The van der Waals surface area contributed by atoms with Crippen LogP contribution in [0, 0.1) is 0 Å². The molecule has 1 amide bonds. The van der Waals surface area contributed by atoms with Gasteiger partial charge in [-0.15, -0.1) is 0 Å². The molecule has 2 rings (SSSR count). The Balaban J connectivity index is 2.24. The van der Waals surface area contributed by atoms with Crippen molar-refractivity contribution in [1.82, 2.24) is 4.90 Å². The van der Waals surface area contributed by atoms with Gasteiger partial charge in [0.25, 0.3) is 5.91 Å². The summed E-state index contributed by atoms with van der Waals surface area (Å²) in [6.45, 7) is 6.49. The molecule has 3 nitrogen and oxygen atoms in total. The monoisotopic (exact) mass is 385 g/mol. The minimum absolute atomic E-state index is 0.0221. The first-order valence-electron chi connectivity index (χ1n) is 6.64. The highest BCUT2D eigenvalue weighted by Gasteiger charge is 2.30. The van der Waals surface area contributed by atoms with Crippen molar-refractivity contribution >= 4 is 56.2 Å². The highest BCUT2D eigenvalue weighted by Crippen LogP contribution is 2.34. The lowest BCUT2D eigenvalue weighted by atomic mass is 10.2. The second-order valence-electron chi connectivity index (χ2n) is 4.78. The topological polar surface area (TPSA) is 29.5 Å².